The summed E-state index contributed by atoms with van der Waals surface area (Å²) in [7, 11) is 0. The molecule has 3 aromatic rings. The maximum atomic E-state index is 10.4. The molecule has 0 amide bonds. The summed E-state index contributed by atoms with van der Waals surface area (Å²) in [6.07, 6.45) is 1.22. The van der Waals surface area contributed by atoms with Gasteiger partial charge in [0.05, 0.1) is 25.5 Å². The van der Waals surface area contributed by atoms with Crippen LogP contribution in [-0.2, 0) is 13.1 Å². The van der Waals surface area contributed by atoms with Gasteiger partial charge in [-0.1, -0.05) is 11.6 Å². The summed E-state index contributed by atoms with van der Waals surface area (Å²) in [6.45, 7) is 8.13. The number of aliphatic hydroxyl groups excluding tert-OH is 1. The summed E-state index contributed by atoms with van der Waals surface area (Å²) in [6, 6.07) is 10.3. The molecule has 0 aliphatic carbocycles. The maximum absolute atomic E-state index is 10.4. The zero-order chi connectivity index (χ0) is 16.4. The smallest absolute Gasteiger partial charge is 0.117 e. The Morgan fingerprint density at radius 1 is 1.22 bits per heavy atom. The van der Waals surface area contributed by atoms with Gasteiger partial charge in [-0.25, -0.2) is 0 Å². The van der Waals surface area contributed by atoms with Crippen molar-refractivity contribution in [3.63, 3.8) is 0 Å². The van der Waals surface area contributed by atoms with E-state index in [1.807, 2.05) is 12.1 Å². The van der Waals surface area contributed by atoms with Crippen molar-refractivity contribution in [3.8, 4) is 0 Å². The molecule has 23 heavy (non-hydrogen) atoms. The number of aromatic nitrogens is 1. The van der Waals surface area contributed by atoms with Crippen molar-refractivity contribution in [2.75, 3.05) is 6.54 Å². The van der Waals surface area contributed by atoms with Crippen LogP contribution < -0.4 is 5.32 Å². The average molecular weight is 312 g/mol. The molecular weight excluding hydrogens is 288 g/mol. The lowest BCUT2D eigenvalue weighted by atomic mass is 10.1. The molecule has 2 N–H and O–H groups in total. The van der Waals surface area contributed by atoms with Gasteiger partial charge in [0.25, 0.3) is 0 Å². The molecule has 4 nitrogen and oxygen atoms in total. The van der Waals surface area contributed by atoms with Crippen LogP contribution in [0.15, 0.2) is 41.0 Å². The number of hydrogen-bond donors (Lipinski definition) is 2. The minimum atomic E-state index is -0.444. The van der Waals surface area contributed by atoms with Gasteiger partial charge in [0.1, 0.15) is 5.76 Å². The molecule has 0 spiro atoms. The molecule has 0 saturated heterocycles. The van der Waals surface area contributed by atoms with Crippen LogP contribution in [0.25, 0.3) is 10.9 Å². The SMILES string of the molecule is Cc1ccc2c(c1)c(C)c(C)n2C[C@H](O)CNCc1ccco1. The molecule has 3 rings (SSSR count). The van der Waals surface area contributed by atoms with Crippen LogP contribution in [0.5, 0.6) is 0 Å². The van der Waals surface area contributed by atoms with Gasteiger partial charge < -0.3 is 19.4 Å². The first-order valence-electron chi connectivity index (χ1n) is 8.03. The third-order valence-electron chi connectivity index (χ3n) is 4.45. The first-order chi connectivity index (χ1) is 11.1. The Labute approximate surface area is 136 Å². The highest BCUT2D eigenvalue weighted by molar-refractivity contribution is 5.85. The summed E-state index contributed by atoms with van der Waals surface area (Å²) < 4.78 is 7.49. The molecule has 4 heteroatoms. The monoisotopic (exact) mass is 312 g/mol. The van der Waals surface area contributed by atoms with Crippen LogP contribution in [0.2, 0.25) is 0 Å². The summed E-state index contributed by atoms with van der Waals surface area (Å²) in [5.41, 5.74) is 4.96. The summed E-state index contributed by atoms with van der Waals surface area (Å²) in [5.74, 6) is 0.881. The van der Waals surface area contributed by atoms with E-state index >= 15 is 0 Å². The Kier molecular flexibility index (Phi) is 4.55. The van der Waals surface area contributed by atoms with Gasteiger partial charge in [0.15, 0.2) is 0 Å². The molecule has 122 valence electrons. The molecule has 0 fully saturated rings. The molecule has 2 aromatic heterocycles. The molecule has 0 aliphatic rings. The van der Waals surface area contributed by atoms with Crippen molar-refractivity contribution in [2.24, 2.45) is 0 Å². The fraction of sp³-hybridized carbons (Fsp3) is 0.368. The van der Waals surface area contributed by atoms with E-state index in [4.69, 9.17) is 4.42 Å². The minimum absolute atomic E-state index is 0.444. The van der Waals surface area contributed by atoms with E-state index in [0.717, 1.165) is 5.76 Å². The van der Waals surface area contributed by atoms with E-state index in [9.17, 15) is 5.11 Å². The van der Waals surface area contributed by atoms with Crippen molar-refractivity contribution in [2.45, 2.75) is 40.0 Å². The van der Waals surface area contributed by atoms with Crippen LogP contribution in [-0.4, -0.2) is 22.3 Å². The highest BCUT2D eigenvalue weighted by atomic mass is 16.3. The standard InChI is InChI=1S/C19H24N2O2/c1-13-6-7-19-18(9-13)14(2)15(3)21(19)12-16(22)10-20-11-17-5-4-8-23-17/h4-9,16,20,22H,10-12H2,1-3H3/t16-/m1/s1. The van der Waals surface area contributed by atoms with Crippen molar-refractivity contribution in [1.82, 2.24) is 9.88 Å². The number of nitrogens with zero attached hydrogens (tertiary/aromatic N) is 1. The van der Waals surface area contributed by atoms with Crippen LogP contribution in [0, 0.1) is 20.8 Å². The van der Waals surface area contributed by atoms with E-state index in [0.29, 0.717) is 19.6 Å². The number of nitrogens with one attached hydrogen (secondary N) is 1. The number of aryl methyl sites for hydroxylation is 2. The number of hydrogen-bond acceptors (Lipinski definition) is 3. The number of rotatable bonds is 6. The second-order valence-electron chi connectivity index (χ2n) is 6.21. The molecular formula is C19H24N2O2. The zero-order valence-electron chi connectivity index (χ0n) is 14.0. The van der Waals surface area contributed by atoms with E-state index in [-0.39, 0.29) is 0 Å². The van der Waals surface area contributed by atoms with Crippen LogP contribution >= 0.6 is 0 Å². The third-order valence-corrected chi connectivity index (χ3v) is 4.45. The Bertz CT molecular complexity index is 787. The van der Waals surface area contributed by atoms with Gasteiger partial charge in [-0.05, 0) is 50.6 Å². The largest absolute Gasteiger partial charge is 0.468 e. The lowest BCUT2D eigenvalue weighted by molar-refractivity contribution is 0.151. The molecule has 2 heterocycles. The van der Waals surface area contributed by atoms with Crippen molar-refractivity contribution in [3.05, 3.63) is 59.2 Å². The quantitative estimate of drug-likeness (QED) is 0.734. The fourth-order valence-corrected chi connectivity index (χ4v) is 3.05. The van der Waals surface area contributed by atoms with E-state index in [1.54, 1.807) is 6.26 Å². The van der Waals surface area contributed by atoms with Crippen molar-refractivity contribution < 1.29 is 9.52 Å². The van der Waals surface area contributed by atoms with Crippen LogP contribution in [0.4, 0.5) is 0 Å². The average Bonchev–Trinajstić information content (AvgIpc) is 3.11. The second-order valence-corrected chi connectivity index (χ2v) is 6.21. The van der Waals surface area contributed by atoms with Crippen molar-refractivity contribution in [1.29, 1.82) is 0 Å². The van der Waals surface area contributed by atoms with Gasteiger partial charge in [0, 0.05) is 23.1 Å². The highest BCUT2D eigenvalue weighted by Gasteiger charge is 2.14. The number of benzene rings is 1. The zero-order valence-corrected chi connectivity index (χ0v) is 14.0. The normalized spacial score (nSPS) is 12.9. The highest BCUT2D eigenvalue weighted by Crippen LogP contribution is 2.26. The minimum Gasteiger partial charge on any atom is -0.468 e. The molecule has 1 atom stereocenters. The molecule has 1 aromatic carbocycles. The molecule has 0 saturated carbocycles. The van der Waals surface area contributed by atoms with Gasteiger partial charge in [0.2, 0.25) is 0 Å². The second kappa shape index (κ2) is 6.60. The van der Waals surface area contributed by atoms with Gasteiger partial charge in [-0.2, -0.15) is 0 Å². The predicted octanol–water partition coefficient (Wildman–Crippen LogP) is 3.31. The van der Waals surface area contributed by atoms with Gasteiger partial charge in [-0.15, -0.1) is 0 Å². The summed E-state index contributed by atoms with van der Waals surface area (Å²) in [4.78, 5) is 0. The first-order valence-corrected chi connectivity index (χ1v) is 8.03. The number of aliphatic hydroxyl groups is 1. The van der Waals surface area contributed by atoms with E-state index < -0.39 is 6.10 Å². The lowest BCUT2D eigenvalue weighted by Crippen LogP contribution is -2.30. The molecule has 0 bridgehead atoms. The van der Waals surface area contributed by atoms with Gasteiger partial charge in [-0.3, -0.25) is 0 Å². The summed E-state index contributed by atoms with van der Waals surface area (Å²) >= 11 is 0. The van der Waals surface area contributed by atoms with Crippen LogP contribution in [0.1, 0.15) is 22.6 Å². The topological polar surface area (TPSA) is 50.3 Å². The predicted molar refractivity (Wildman–Crippen MR) is 92.6 cm³/mol. The number of fused-ring (bicyclic) bond motifs is 1. The Hall–Kier alpha value is -2.04. The van der Waals surface area contributed by atoms with E-state index in [1.165, 1.54) is 27.7 Å². The lowest BCUT2D eigenvalue weighted by Gasteiger charge is -2.15. The Morgan fingerprint density at radius 3 is 2.78 bits per heavy atom. The third kappa shape index (κ3) is 3.33. The molecule has 0 aliphatic heterocycles. The Balaban J connectivity index is 1.69. The summed E-state index contributed by atoms with van der Waals surface area (Å²) in [5, 5.41) is 14.9. The first kappa shape index (κ1) is 15.8. The van der Waals surface area contributed by atoms with Gasteiger partial charge >= 0.3 is 0 Å². The molecule has 0 radical (unpaired) electrons. The van der Waals surface area contributed by atoms with E-state index in [2.05, 4.69) is 48.9 Å². The molecule has 0 unspecified atom stereocenters. The van der Waals surface area contributed by atoms with Crippen LogP contribution in [0.3, 0.4) is 0 Å². The maximum Gasteiger partial charge on any atom is 0.117 e. The number of furan rings is 1. The van der Waals surface area contributed by atoms with Crippen molar-refractivity contribution >= 4 is 10.9 Å². The fourth-order valence-electron chi connectivity index (χ4n) is 3.05. The Morgan fingerprint density at radius 2 is 2.04 bits per heavy atom.